The van der Waals surface area contributed by atoms with Crippen LogP contribution in [0.1, 0.15) is 26.7 Å². The van der Waals surface area contributed by atoms with E-state index in [4.69, 9.17) is 0 Å². The number of likely N-dealkylation sites (N-methyl/N-ethyl adjacent to an activating group) is 1. The van der Waals surface area contributed by atoms with Gasteiger partial charge in [0.05, 0.1) is 6.54 Å². The van der Waals surface area contributed by atoms with Gasteiger partial charge < -0.3 is 15.5 Å². The Bertz CT molecular complexity index is 204. The van der Waals surface area contributed by atoms with Crippen molar-refractivity contribution in [1.82, 2.24) is 15.5 Å². The SMILES string of the molecule is CCNC(=NCCN(C)CC)NC1CC1.I. The van der Waals surface area contributed by atoms with Gasteiger partial charge in [0.1, 0.15) is 0 Å². The smallest absolute Gasteiger partial charge is 0.191 e. The fourth-order valence-corrected chi connectivity index (χ4v) is 1.23. The zero-order valence-corrected chi connectivity index (χ0v) is 13.0. The van der Waals surface area contributed by atoms with Crippen molar-refractivity contribution in [2.24, 2.45) is 4.99 Å². The first kappa shape index (κ1) is 16.0. The minimum absolute atomic E-state index is 0. The Kier molecular flexibility index (Phi) is 9.02. The quantitative estimate of drug-likeness (QED) is 0.435. The second-order valence-electron chi connectivity index (χ2n) is 4.08. The van der Waals surface area contributed by atoms with E-state index in [1.165, 1.54) is 12.8 Å². The molecule has 0 aromatic heterocycles. The number of hydrogen-bond acceptors (Lipinski definition) is 2. The summed E-state index contributed by atoms with van der Waals surface area (Å²) in [6.45, 7) is 8.17. The molecular weight excluding hydrogens is 315 g/mol. The third kappa shape index (κ3) is 7.27. The van der Waals surface area contributed by atoms with Gasteiger partial charge in [-0.15, -0.1) is 24.0 Å². The summed E-state index contributed by atoms with van der Waals surface area (Å²) in [6.07, 6.45) is 2.58. The first-order valence-corrected chi connectivity index (χ1v) is 5.99. The number of halogens is 1. The second kappa shape index (κ2) is 9.04. The van der Waals surface area contributed by atoms with E-state index in [9.17, 15) is 0 Å². The van der Waals surface area contributed by atoms with Crippen LogP contribution < -0.4 is 10.6 Å². The van der Waals surface area contributed by atoms with Gasteiger partial charge in [0, 0.05) is 19.1 Å². The highest BCUT2D eigenvalue weighted by Gasteiger charge is 2.21. The third-order valence-electron chi connectivity index (χ3n) is 2.55. The predicted molar refractivity (Wildman–Crippen MR) is 80.7 cm³/mol. The molecule has 1 fully saturated rings. The summed E-state index contributed by atoms with van der Waals surface area (Å²) in [5.74, 6) is 0.976. The highest BCUT2D eigenvalue weighted by atomic mass is 127. The standard InChI is InChI=1S/C11H24N4.HI/c1-4-12-11(14-10-6-7-10)13-8-9-15(3)5-2;/h10H,4-9H2,1-3H3,(H2,12,13,14);1H. The van der Waals surface area contributed by atoms with Crippen LogP contribution in [0, 0.1) is 0 Å². The third-order valence-corrected chi connectivity index (χ3v) is 2.55. The molecule has 0 bridgehead atoms. The molecule has 4 nitrogen and oxygen atoms in total. The number of nitrogens with one attached hydrogen (secondary N) is 2. The topological polar surface area (TPSA) is 39.7 Å². The molecule has 5 heteroatoms. The van der Waals surface area contributed by atoms with Gasteiger partial charge in [0.15, 0.2) is 5.96 Å². The van der Waals surface area contributed by atoms with E-state index >= 15 is 0 Å². The number of nitrogens with zero attached hydrogens (tertiary/aromatic N) is 2. The lowest BCUT2D eigenvalue weighted by Gasteiger charge is -2.13. The van der Waals surface area contributed by atoms with Crippen LogP contribution in [-0.2, 0) is 0 Å². The van der Waals surface area contributed by atoms with Crippen molar-refractivity contribution >= 4 is 29.9 Å². The molecule has 16 heavy (non-hydrogen) atoms. The molecule has 0 atom stereocenters. The average Bonchev–Trinajstić information content (AvgIpc) is 3.01. The van der Waals surface area contributed by atoms with Gasteiger partial charge in [0.2, 0.25) is 0 Å². The molecule has 0 spiro atoms. The molecule has 0 unspecified atom stereocenters. The van der Waals surface area contributed by atoms with Crippen LogP contribution in [0.4, 0.5) is 0 Å². The fraction of sp³-hybridized carbons (Fsp3) is 0.909. The lowest BCUT2D eigenvalue weighted by molar-refractivity contribution is 0.363. The first-order valence-electron chi connectivity index (χ1n) is 5.99. The van der Waals surface area contributed by atoms with Gasteiger partial charge in [-0.2, -0.15) is 0 Å². The van der Waals surface area contributed by atoms with E-state index < -0.39 is 0 Å². The summed E-state index contributed by atoms with van der Waals surface area (Å²) >= 11 is 0. The van der Waals surface area contributed by atoms with E-state index in [0.717, 1.165) is 32.1 Å². The summed E-state index contributed by atoms with van der Waals surface area (Å²) in [6, 6.07) is 0.673. The van der Waals surface area contributed by atoms with Gasteiger partial charge >= 0.3 is 0 Å². The first-order chi connectivity index (χ1) is 7.26. The van der Waals surface area contributed by atoms with Gasteiger partial charge in [0.25, 0.3) is 0 Å². The molecule has 1 aliphatic carbocycles. The molecule has 2 N–H and O–H groups in total. The van der Waals surface area contributed by atoms with Crippen molar-refractivity contribution in [1.29, 1.82) is 0 Å². The summed E-state index contributed by atoms with van der Waals surface area (Å²) in [5.41, 5.74) is 0. The maximum atomic E-state index is 4.53. The summed E-state index contributed by atoms with van der Waals surface area (Å²) in [4.78, 5) is 6.80. The Morgan fingerprint density at radius 1 is 1.38 bits per heavy atom. The number of hydrogen-bond donors (Lipinski definition) is 2. The minimum atomic E-state index is 0. The van der Waals surface area contributed by atoms with Crippen molar-refractivity contribution in [3.05, 3.63) is 0 Å². The molecule has 0 aliphatic heterocycles. The van der Waals surface area contributed by atoms with Crippen LogP contribution in [0.15, 0.2) is 4.99 Å². The Balaban J connectivity index is 0.00000225. The Morgan fingerprint density at radius 3 is 2.56 bits per heavy atom. The fourth-order valence-electron chi connectivity index (χ4n) is 1.23. The van der Waals surface area contributed by atoms with Crippen molar-refractivity contribution < 1.29 is 0 Å². The van der Waals surface area contributed by atoms with Crippen LogP contribution in [0.3, 0.4) is 0 Å². The molecule has 1 rings (SSSR count). The molecule has 96 valence electrons. The van der Waals surface area contributed by atoms with Crippen molar-refractivity contribution in [3.8, 4) is 0 Å². The van der Waals surface area contributed by atoms with E-state index in [-0.39, 0.29) is 24.0 Å². The largest absolute Gasteiger partial charge is 0.357 e. The second-order valence-corrected chi connectivity index (χ2v) is 4.08. The van der Waals surface area contributed by atoms with Crippen LogP contribution in [0.25, 0.3) is 0 Å². The number of guanidine groups is 1. The van der Waals surface area contributed by atoms with Gasteiger partial charge in [-0.1, -0.05) is 6.92 Å². The monoisotopic (exact) mass is 340 g/mol. The maximum absolute atomic E-state index is 4.53. The maximum Gasteiger partial charge on any atom is 0.191 e. The van der Waals surface area contributed by atoms with Crippen molar-refractivity contribution in [2.45, 2.75) is 32.7 Å². The molecular formula is C11H25IN4. The molecule has 0 aromatic rings. The zero-order valence-electron chi connectivity index (χ0n) is 10.6. The van der Waals surface area contributed by atoms with Gasteiger partial charge in [-0.3, -0.25) is 4.99 Å². The van der Waals surface area contributed by atoms with Crippen molar-refractivity contribution in [2.75, 3.05) is 33.2 Å². The minimum Gasteiger partial charge on any atom is -0.357 e. The van der Waals surface area contributed by atoms with E-state index in [2.05, 4.69) is 41.4 Å². The lowest BCUT2D eigenvalue weighted by atomic mass is 10.5. The zero-order chi connectivity index (χ0) is 11.1. The van der Waals surface area contributed by atoms with Gasteiger partial charge in [-0.25, -0.2) is 0 Å². The highest BCUT2D eigenvalue weighted by Crippen LogP contribution is 2.18. The lowest BCUT2D eigenvalue weighted by Crippen LogP contribution is -2.39. The molecule has 0 heterocycles. The molecule has 1 aliphatic rings. The van der Waals surface area contributed by atoms with Crippen molar-refractivity contribution in [3.63, 3.8) is 0 Å². The molecule has 0 aromatic carbocycles. The highest BCUT2D eigenvalue weighted by molar-refractivity contribution is 14.0. The summed E-state index contributed by atoms with van der Waals surface area (Å²) in [7, 11) is 2.12. The van der Waals surface area contributed by atoms with E-state index in [0.29, 0.717) is 6.04 Å². The molecule has 0 amide bonds. The molecule has 0 saturated heterocycles. The average molecular weight is 340 g/mol. The molecule has 1 saturated carbocycles. The normalized spacial score (nSPS) is 15.9. The Labute approximate surface area is 116 Å². The van der Waals surface area contributed by atoms with E-state index in [1.807, 2.05) is 0 Å². The predicted octanol–water partition coefficient (Wildman–Crippen LogP) is 1.27. The van der Waals surface area contributed by atoms with Crippen LogP contribution in [0.5, 0.6) is 0 Å². The Morgan fingerprint density at radius 2 is 2.06 bits per heavy atom. The number of aliphatic imine (C=N–C) groups is 1. The van der Waals surface area contributed by atoms with Crippen LogP contribution in [-0.4, -0.2) is 50.1 Å². The van der Waals surface area contributed by atoms with Gasteiger partial charge in [-0.05, 0) is 33.4 Å². The van der Waals surface area contributed by atoms with E-state index in [1.54, 1.807) is 0 Å². The number of rotatable bonds is 6. The summed E-state index contributed by atoms with van der Waals surface area (Å²) < 4.78 is 0. The van der Waals surface area contributed by atoms with Crippen LogP contribution in [0.2, 0.25) is 0 Å². The Hall–Kier alpha value is -0.0400. The summed E-state index contributed by atoms with van der Waals surface area (Å²) in [5, 5.41) is 6.67. The molecule has 0 radical (unpaired) electrons. The van der Waals surface area contributed by atoms with Crippen LogP contribution >= 0.6 is 24.0 Å².